The number of nitrogens with zero attached hydrogens (tertiary/aromatic N) is 1. The maximum Gasteiger partial charge on any atom is 0.213 e. The van der Waals surface area contributed by atoms with Gasteiger partial charge in [0.25, 0.3) is 0 Å². The van der Waals surface area contributed by atoms with Crippen LogP contribution in [0.5, 0.6) is 5.88 Å². The molecule has 1 fully saturated rings. The van der Waals surface area contributed by atoms with Crippen LogP contribution in [-0.4, -0.2) is 29.3 Å². The Labute approximate surface area is 108 Å². The van der Waals surface area contributed by atoms with Crippen LogP contribution in [0.1, 0.15) is 37.7 Å². The fourth-order valence-corrected chi connectivity index (χ4v) is 2.29. The van der Waals surface area contributed by atoms with Crippen molar-refractivity contribution in [2.75, 3.05) is 13.2 Å². The summed E-state index contributed by atoms with van der Waals surface area (Å²) in [7, 11) is 0. The van der Waals surface area contributed by atoms with E-state index < -0.39 is 0 Å². The molecule has 1 aromatic heterocycles. The summed E-state index contributed by atoms with van der Waals surface area (Å²) in [6, 6.07) is 3.96. The smallest absolute Gasteiger partial charge is 0.213 e. The van der Waals surface area contributed by atoms with Gasteiger partial charge in [0.1, 0.15) is 6.10 Å². The molecule has 1 heterocycles. The monoisotopic (exact) mass is 250 g/mol. The normalized spacial score (nSPS) is 16.7. The molecule has 100 valence electrons. The van der Waals surface area contributed by atoms with Gasteiger partial charge in [0.05, 0.1) is 6.61 Å². The van der Waals surface area contributed by atoms with E-state index in [1.807, 2.05) is 12.1 Å². The molecule has 0 aromatic carbocycles. The number of rotatable bonds is 6. The van der Waals surface area contributed by atoms with Crippen LogP contribution in [0.15, 0.2) is 18.3 Å². The molecule has 18 heavy (non-hydrogen) atoms. The minimum Gasteiger partial charge on any atom is -0.474 e. The van der Waals surface area contributed by atoms with E-state index in [2.05, 4.69) is 10.3 Å². The number of pyridine rings is 1. The van der Waals surface area contributed by atoms with E-state index in [-0.39, 0.29) is 6.61 Å². The SMILES string of the molecule is OCCNCc1ccnc(OC2CCCCC2)c1. The van der Waals surface area contributed by atoms with Crippen molar-refractivity contribution >= 4 is 0 Å². The number of hydrogen-bond donors (Lipinski definition) is 2. The highest BCUT2D eigenvalue weighted by Crippen LogP contribution is 2.22. The molecule has 4 nitrogen and oxygen atoms in total. The van der Waals surface area contributed by atoms with Crippen molar-refractivity contribution in [2.24, 2.45) is 0 Å². The lowest BCUT2D eigenvalue weighted by atomic mass is 9.98. The zero-order valence-corrected chi connectivity index (χ0v) is 10.8. The highest BCUT2D eigenvalue weighted by Gasteiger charge is 2.15. The molecular formula is C14H22N2O2. The summed E-state index contributed by atoms with van der Waals surface area (Å²) in [4.78, 5) is 4.26. The second-order valence-corrected chi connectivity index (χ2v) is 4.78. The van der Waals surface area contributed by atoms with Crippen molar-refractivity contribution < 1.29 is 9.84 Å². The Bertz CT molecular complexity index is 351. The molecule has 1 aliphatic rings. The van der Waals surface area contributed by atoms with Crippen LogP contribution in [-0.2, 0) is 6.54 Å². The van der Waals surface area contributed by atoms with Gasteiger partial charge in [0.2, 0.25) is 5.88 Å². The summed E-state index contributed by atoms with van der Waals surface area (Å²) in [6.45, 7) is 1.52. The van der Waals surface area contributed by atoms with Gasteiger partial charge in [-0.1, -0.05) is 6.42 Å². The van der Waals surface area contributed by atoms with Crippen molar-refractivity contribution in [3.63, 3.8) is 0 Å². The predicted octanol–water partition coefficient (Wildman–Crippen LogP) is 1.87. The van der Waals surface area contributed by atoms with Crippen molar-refractivity contribution in [1.29, 1.82) is 0 Å². The van der Waals surface area contributed by atoms with Gasteiger partial charge in [0, 0.05) is 25.4 Å². The molecule has 0 bridgehead atoms. The van der Waals surface area contributed by atoms with E-state index in [1.54, 1.807) is 6.20 Å². The highest BCUT2D eigenvalue weighted by atomic mass is 16.5. The fourth-order valence-electron chi connectivity index (χ4n) is 2.29. The lowest BCUT2D eigenvalue weighted by Gasteiger charge is -2.22. The molecular weight excluding hydrogens is 228 g/mol. The van der Waals surface area contributed by atoms with Gasteiger partial charge >= 0.3 is 0 Å². The molecule has 0 unspecified atom stereocenters. The van der Waals surface area contributed by atoms with Gasteiger partial charge < -0.3 is 15.2 Å². The summed E-state index contributed by atoms with van der Waals surface area (Å²) in [6.07, 6.45) is 8.28. The number of aliphatic hydroxyl groups excluding tert-OH is 1. The van der Waals surface area contributed by atoms with Crippen LogP contribution < -0.4 is 10.1 Å². The second kappa shape index (κ2) is 7.34. The first-order valence-electron chi connectivity index (χ1n) is 6.81. The van der Waals surface area contributed by atoms with E-state index >= 15 is 0 Å². The van der Waals surface area contributed by atoms with Crippen molar-refractivity contribution in [1.82, 2.24) is 10.3 Å². The first-order chi connectivity index (χ1) is 8.88. The van der Waals surface area contributed by atoms with Crippen LogP contribution in [0.4, 0.5) is 0 Å². The van der Waals surface area contributed by atoms with Crippen LogP contribution in [0, 0.1) is 0 Å². The molecule has 0 radical (unpaired) electrons. The Hall–Kier alpha value is -1.13. The molecule has 0 atom stereocenters. The summed E-state index contributed by atoms with van der Waals surface area (Å²) >= 11 is 0. The van der Waals surface area contributed by atoms with Gasteiger partial charge in [-0.25, -0.2) is 4.98 Å². The van der Waals surface area contributed by atoms with Gasteiger partial charge in [-0.05, 0) is 37.3 Å². The Morgan fingerprint density at radius 1 is 1.33 bits per heavy atom. The molecule has 2 N–H and O–H groups in total. The standard InChI is InChI=1S/C14H22N2O2/c17-9-8-15-11-12-6-7-16-14(10-12)18-13-4-2-1-3-5-13/h6-7,10,13,15,17H,1-5,8-9,11H2. The minimum atomic E-state index is 0.163. The second-order valence-electron chi connectivity index (χ2n) is 4.78. The van der Waals surface area contributed by atoms with E-state index in [1.165, 1.54) is 19.3 Å². The molecule has 2 rings (SSSR count). The Morgan fingerprint density at radius 3 is 2.94 bits per heavy atom. The van der Waals surface area contributed by atoms with E-state index in [0.717, 1.165) is 30.8 Å². The first kappa shape index (κ1) is 13.3. The Kier molecular flexibility index (Phi) is 5.42. The molecule has 1 aromatic rings. The van der Waals surface area contributed by atoms with E-state index in [0.29, 0.717) is 12.6 Å². The molecule has 1 aliphatic carbocycles. The van der Waals surface area contributed by atoms with Crippen LogP contribution in [0.2, 0.25) is 0 Å². The van der Waals surface area contributed by atoms with Crippen molar-refractivity contribution in [3.8, 4) is 5.88 Å². The van der Waals surface area contributed by atoms with Crippen molar-refractivity contribution in [3.05, 3.63) is 23.9 Å². The average molecular weight is 250 g/mol. The van der Waals surface area contributed by atoms with Crippen LogP contribution in [0.25, 0.3) is 0 Å². The molecule has 0 amide bonds. The fraction of sp³-hybridized carbons (Fsp3) is 0.643. The average Bonchev–Trinajstić information content (AvgIpc) is 2.41. The predicted molar refractivity (Wildman–Crippen MR) is 70.5 cm³/mol. The number of hydrogen-bond acceptors (Lipinski definition) is 4. The first-order valence-corrected chi connectivity index (χ1v) is 6.81. The van der Waals surface area contributed by atoms with Gasteiger partial charge in [-0.3, -0.25) is 0 Å². The Morgan fingerprint density at radius 2 is 2.17 bits per heavy atom. The third kappa shape index (κ3) is 4.27. The van der Waals surface area contributed by atoms with E-state index in [9.17, 15) is 0 Å². The zero-order chi connectivity index (χ0) is 12.6. The number of aromatic nitrogens is 1. The number of nitrogens with one attached hydrogen (secondary N) is 1. The lowest BCUT2D eigenvalue weighted by Crippen LogP contribution is -2.20. The summed E-state index contributed by atoms with van der Waals surface area (Å²) in [5.74, 6) is 0.727. The third-order valence-corrected chi connectivity index (χ3v) is 3.26. The third-order valence-electron chi connectivity index (χ3n) is 3.26. The largest absolute Gasteiger partial charge is 0.474 e. The molecule has 1 saturated carbocycles. The van der Waals surface area contributed by atoms with Gasteiger partial charge in [0.15, 0.2) is 0 Å². The van der Waals surface area contributed by atoms with Crippen LogP contribution in [0.3, 0.4) is 0 Å². The topological polar surface area (TPSA) is 54.4 Å². The molecule has 0 spiro atoms. The Balaban J connectivity index is 1.85. The number of ether oxygens (including phenoxy) is 1. The lowest BCUT2D eigenvalue weighted by molar-refractivity contribution is 0.148. The highest BCUT2D eigenvalue weighted by molar-refractivity contribution is 5.20. The molecule has 0 aliphatic heterocycles. The van der Waals surface area contributed by atoms with E-state index in [4.69, 9.17) is 9.84 Å². The maximum absolute atomic E-state index is 8.72. The number of aliphatic hydroxyl groups is 1. The summed E-state index contributed by atoms with van der Waals surface area (Å²) in [5, 5.41) is 11.9. The van der Waals surface area contributed by atoms with Crippen LogP contribution >= 0.6 is 0 Å². The van der Waals surface area contributed by atoms with Gasteiger partial charge in [-0.15, -0.1) is 0 Å². The summed E-state index contributed by atoms with van der Waals surface area (Å²) < 4.78 is 5.91. The zero-order valence-electron chi connectivity index (χ0n) is 10.8. The maximum atomic E-state index is 8.72. The quantitative estimate of drug-likeness (QED) is 0.757. The van der Waals surface area contributed by atoms with Crippen molar-refractivity contribution in [2.45, 2.75) is 44.8 Å². The molecule has 4 heteroatoms. The summed E-state index contributed by atoms with van der Waals surface area (Å²) in [5.41, 5.74) is 1.14. The minimum absolute atomic E-state index is 0.163. The van der Waals surface area contributed by atoms with Gasteiger partial charge in [-0.2, -0.15) is 0 Å². The molecule has 0 saturated heterocycles.